The topological polar surface area (TPSA) is 37.8 Å². The molecule has 1 aromatic carbocycles. The van der Waals surface area contributed by atoms with Gasteiger partial charge in [0.25, 0.3) is 0 Å². The Balaban J connectivity index is 1.78. The predicted octanol–water partition coefficient (Wildman–Crippen LogP) is 3.87. The van der Waals surface area contributed by atoms with Crippen LogP contribution in [0.1, 0.15) is 18.1 Å². The number of nitrogens with zero attached hydrogens (tertiary/aromatic N) is 2. The molecule has 4 heteroatoms. The molecule has 0 radical (unpaired) electrons. The normalized spacial score (nSPS) is 10.8. The standard InChI is InChI=1S/C15H15N3S/c1-2-11-5-6-14-13(8-11)18-15(19-14)17-10-12-4-3-7-16-9-12/h3-9H,2,10H2,1H3,(H,17,18). The van der Waals surface area contributed by atoms with Gasteiger partial charge in [0.2, 0.25) is 0 Å². The molecule has 0 unspecified atom stereocenters. The van der Waals surface area contributed by atoms with Crippen molar-refractivity contribution in [3.63, 3.8) is 0 Å². The minimum absolute atomic E-state index is 0.758. The summed E-state index contributed by atoms with van der Waals surface area (Å²) in [6.45, 7) is 2.92. The molecule has 3 nitrogen and oxygen atoms in total. The van der Waals surface area contributed by atoms with Crippen LogP contribution in [0.15, 0.2) is 42.7 Å². The van der Waals surface area contributed by atoms with Gasteiger partial charge in [0.05, 0.1) is 10.2 Å². The summed E-state index contributed by atoms with van der Waals surface area (Å²) in [5, 5.41) is 4.32. The van der Waals surface area contributed by atoms with E-state index in [-0.39, 0.29) is 0 Å². The molecular weight excluding hydrogens is 254 g/mol. The fraction of sp³-hybridized carbons (Fsp3) is 0.200. The van der Waals surface area contributed by atoms with Crippen LogP contribution in [-0.2, 0) is 13.0 Å². The van der Waals surface area contributed by atoms with E-state index in [1.54, 1.807) is 17.5 Å². The van der Waals surface area contributed by atoms with E-state index in [4.69, 9.17) is 0 Å². The van der Waals surface area contributed by atoms with Crippen molar-refractivity contribution in [1.82, 2.24) is 9.97 Å². The van der Waals surface area contributed by atoms with E-state index >= 15 is 0 Å². The molecule has 3 aromatic rings. The van der Waals surface area contributed by atoms with Gasteiger partial charge < -0.3 is 5.32 Å². The van der Waals surface area contributed by atoms with Gasteiger partial charge in [0.1, 0.15) is 0 Å². The van der Waals surface area contributed by atoms with Crippen molar-refractivity contribution in [1.29, 1.82) is 0 Å². The van der Waals surface area contributed by atoms with E-state index in [0.717, 1.165) is 29.2 Å². The number of nitrogens with one attached hydrogen (secondary N) is 1. The maximum absolute atomic E-state index is 4.62. The molecule has 0 aliphatic heterocycles. The number of rotatable bonds is 4. The lowest BCUT2D eigenvalue weighted by molar-refractivity contribution is 1.10. The first-order chi connectivity index (χ1) is 9.35. The van der Waals surface area contributed by atoms with E-state index in [1.165, 1.54) is 10.3 Å². The van der Waals surface area contributed by atoms with Gasteiger partial charge in [0, 0.05) is 18.9 Å². The zero-order valence-corrected chi connectivity index (χ0v) is 11.6. The third kappa shape index (κ3) is 2.74. The van der Waals surface area contributed by atoms with Gasteiger partial charge in [-0.05, 0) is 35.7 Å². The third-order valence-electron chi connectivity index (χ3n) is 3.03. The van der Waals surface area contributed by atoms with Gasteiger partial charge >= 0.3 is 0 Å². The first-order valence-corrected chi connectivity index (χ1v) is 7.19. The van der Waals surface area contributed by atoms with Crippen molar-refractivity contribution in [3.05, 3.63) is 53.9 Å². The number of fused-ring (bicyclic) bond motifs is 1. The van der Waals surface area contributed by atoms with Gasteiger partial charge in [0.15, 0.2) is 5.13 Å². The molecule has 0 fully saturated rings. The van der Waals surface area contributed by atoms with E-state index < -0.39 is 0 Å². The van der Waals surface area contributed by atoms with Crippen LogP contribution in [0, 0.1) is 0 Å². The summed E-state index contributed by atoms with van der Waals surface area (Å²) < 4.78 is 1.23. The summed E-state index contributed by atoms with van der Waals surface area (Å²) in [7, 11) is 0. The zero-order valence-electron chi connectivity index (χ0n) is 10.8. The largest absolute Gasteiger partial charge is 0.357 e. The molecule has 0 aliphatic rings. The lowest BCUT2D eigenvalue weighted by Crippen LogP contribution is -1.98. The van der Waals surface area contributed by atoms with Crippen LogP contribution in [0.5, 0.6) is 0 Å². The van der Waals surface area contributed by atoms with Crippen LogP contribution in [0.25, 0.3) is 10.2 Å². The molecule has 0 saturated heterocycles. The molecule has 0 aliphatic carbocycles. The van der Waals surface area contributed by atoms with E-state index in [0.29, 0.717) is 0 Å². The number of aromatic nitrogens is 2. The van der Waals surface area contributed by atoms with Crippen LogP contribution in [-0.4, -0.2) is 9.97 Å². The van der Waals surface area contributed by atoms with E-state index in [2.05, 4.69) is 46.5 Å². The summed E-state index contributed by atoms with van der Waals surface area (Å²) in [6, 6.07) is 10.5. The highest BCUT2D eigenvalue weighted by Gasteiger charge is 2.04. The molecule has 0 spiro atoms. The van der Waals surface area contributed by atoms with E-state index in [1.807, 2.05) is 12.3 Å². The minimum Gasteiger partial charge on any atom is -0.357 e. The molecule has 0 saturated carbocycles. The summed E-state index contributed by atoms with van der Waals surface area (Å²) in [6.07, 6.45) is 4.70. The number of thiazole rings is 1. The molecular formula is C15H15N3S. The summed E-state index contributed by atoms with van der Waals surface area (Å²) in [5.74, 6) is 0. The average Bonchev–Trinajstić information content (AvgIpc) is 2.88. The molecule has 2 heterocycles. The SMILES string of the molecule is CCc1ccc2sc(NCc3cccnc3)nc2c1. The van der Waals surface area contributed by atoms with Crippen molar-refractivity contribution < 1.29 is 0 Å². The zero-order chi connectivity index (χ0) is 13.1. The summed E-state index contributed by atoms with van der Waals surface area (Å²) in [5.41, 5.74) is 3.57. The second-order valence-corrected chi connectivity index (χ2v) is 5.42. The smallest absolute Gasteiger partial charge is 0.184 e. The predicted molar refractivity (Wildman–Crippen MR) is 80.6 cm³/mol. The van der Waals surface area contributed by atoms with Gasteiger partial charge in [-0.1, -0.05) is 30.4 Å². The molecule has 19 heavy (non-hydrogen) atoms. The maximum Gasteiger partial charge on any atom is 0.184 e. The number of hydrogen-bond acceptors (Lipinski definition) is 4. The lowest BCUT2D eigenvalue weighted by Gasteiger charge is -2.00. The van der Waals surface area contributed by atoms with Crippen molar-refractivity contribution in [3.8, 4) is 0 Å². The van der Waals surface area contributed by atoms with Gasteiger partial charge in [-0.25, -0.2) is 4.98 Å². The van der Waals surface area contributed by atoms with Crippen LogP contribution in [0.3, 0.4) is 0 Å². The molecule has 0 bridgehead atoms. The highest BCUT2D eigenvalue weighted by Crippen LogP contribution is 2.27. The van der Waals surface area contributed by atoms with Crippen molar-refractivity contribution in [2.75, 3.05) is 5.32 Å². The summed E-state index contributed by atoms with van der Waals surface area (Å²) >= 11 is 1.69. The Labute approximate surface area is 116 Å². The molecule has 96 valence electrons. The highest BCUT2D eigenvalue weighted by atomic mass is 32.1. The number of anilines is 1. The number of benzene rings is 1. The van der Waals surface area contributed by atoms with Gasteiger partial charge in [-0.2, -0.15) is 0 Å². The second-order valence-electron chi connectivity index (χ2n) is 4.39. The van der Waals surface area contributed by atoms with Crippen LogP contribution < -0.4 is 5.32 Å². The monoisotopic (exact) mass is 269 g/mol. The van der Waals surface area contributed by atoms with Crippen LogP contribution >= 0.6 is 11.3 Å². The lowest BCUT2D eigenvalue weighted by atomic mass is 10.2. The minimum atomic E-state index is 0.758. The number of aryl methyl sites for hydroxylation is 1. The second kappa shape index (κ2) is 5.36. The van der Waals surface area contributed by atoms with Crippen LogP contribution in [0.4, 0.5) is 5.13 Å². The molecule has 1 N–H and O–H groups in total. The average molecular weight is 269 g/mol. The van der Waals surface area contributed by atoms with Gasteiger partial charge in [-0.3, -0.25) is 4.98 Å². The first kappa shape index (κ1) is 12.1. The van der Waals surface area contributed by atoms with Gasteiger partial charge in [-0.15, -0.1) is 0 Å². The van der Waals surface area contributed by atoms with Crippen molar-refractivity contribution >= 4 is 26.7 Å². The van der Waals surface area contributed by atoms with Crippen LogP contribution in [0.2, 0.25) is 0 Å². The third-order valence-corrected chi connectivity index (χ3v) is 4.02. The fourth-order valence-electron chi connectivity index (χ4n) is 1.95. The Morgan fingerprint density at radius 2 is 2.16 bits per heavy atom. The number of pyridine rings is 1. The Morgan fingerprint density at radius 1 is 1.21 bits per heavy atom. The number of hydrogen-bond donors (Lipinski definition) is 1. The van der Waals surface area contributed by atoms with Crippen molar-refractivity contribution in [2.45, 2.75) is 19.9 Å². The van der Waals surface area contributed by atoms with E-state index in [9.17, 15) is 0 Å². The molecule has 3 rings (SSSR count). The Hall–Kier alpha value is -1.94. The summed E-state index contributed by atoms with van der Waals surface area (Å²) in [4.78, 5) is 8.73. The highest BCUT2D eigenvalue weighted by molar-refractivity contribution is 7.22. The van der Waals surface area contributed by atoms with Crippen molar-refractivity contribution in [2.24, 2.45) is 0 Å². The Bertz CT molecular complexity index is 676. The fourth-order valence-corrected chi connectivity index (χ4v) is 2.79. The Kier molecular flexibility index (Phi) is 3.42. The molecule has 0 amide bonds. The quantitative estimate of drug-likeness (QED) is 0.781. The Morgan fingerprint density at radius 3 is 2.95 bits per heavy atom. The molecule has 2 aromatic heterocycles. The maximum atomic E-state index is 4.62. The molecule has 0 atom stereocenters. The first-order valence-electron chi connectivity index (χ1n) is 6.37.